The second-order valence-corrected chi connectivity index (χ2v) is 5.02. The second-order valence-electron chi connectivity index (χ2n) is 4.20. The first-order valence-electron chi connectivity index (χ1n) is 6.05. The molecule has 0 radical (unpaired) electrons. The molecule has 19 heavy (non-hydrogen) atoms. The van der Waals surface area contributed by atoms with Crippen LogP contribution in [0.4, 0.5) is 0 Å². The van der Waals surface area contributed by atoms with Crippen molar-refractivity contribution in [3.8, 4) is 5.75 Å². The number of ether oxygens (including phenoxy) is 1. The van der Waals surface area contributed by atoms with E-state index in [1.807, 2.05) is 42.5 Å². The molecule has 4 heteroatoms. The zero-order valence-corrected chi connectivity index (χ0v) is 11.9. The van der Waals surface area contributed by atoms with E-state index in [9.17, 15) is 0 Å². The van der Waals surface area contributed by atoms with E-state index >= 15 is 0 Å². The van der Waals surface area contributed by atoms with Crippen LogP contribution in [0.15, 0.2) is 42.5 Å². The Labute approximate surface area is 123 Å². The summed E-state index contributed by atoms with van der Waals surface area (Å²) in [5.74, 6) is 0.521. The van der Waals surface area contributed by atoms with Gasteiger partial charge < -0.3 is 10.5 Å². The lowest BCUT2D eigenvalue weighted by Gasteiger charge is -2.11. The van der Waals surface area contributed by atoms with E-state index in [0.29, 0.717) is 28.9 Å². The average Bonchev–Trinajstić information content (AvgIpc) is 2.39. The van der Waals surface area contributed by atoms with Crippen molar-refractivity contribution < 1.29 is 4.74 Å². The Hall–Kier alpha value is -1.22. The third-order valence-electron chi connectivity index (χ3n) is 2.72. The normalized spacial score (nSPS) is 10.5. The van der Waals surface area contributed by atoms with Gasteiger partial charge in [0.15, 0.2) is 5.75 Å². The van der Waals surface area contributed by atoms with Gasteiger partial charge in [0.25, 0.3) is 0 Å². The van der Waals surface area contributed by atoms with E-state index in [1.54, 1.807) is 0 Å². The van der Waals surface area contributed by atoms with Crippen LogP contribution in [0.1, 0.15) is 11.1 Å². The predicted molar refractivity (Wildman–Crippen MR) is 80.0 cm³/mol. The predicted octanol–water partition coefficient (Wildman–Crippen LogP) is 4.07. The zero-order valence-electron chi connectivity index (χ0n) is 10.4. The molecule has 2 N–H and O–H groups in total. The first-order chi connectivity index (χ1) is 9.20. The highest BCUT2D eigenvalue weighted by molar-refractivity contribution is 6.37. The first-order valence-corrected chi connectivity index (χ1v) is 6.81. The van der Waals surface area contributed by atoms with Crippen molar-refractivity contribution in [1.82, 2.24) is 0 Å². The van der Waals surface area contributed by atoms with Gasteiger partial charge in [-0.2, -0.15) is 0 Å². The maximum absolute atomic E-state index is 6.19. The lowest BCUT2D eigenvalue weighted by atomic mass is 10.1. The van der Waals surface area contributed by atoms with Gasteiger partial charge in [-0.05, 0) is 36.2 Å². The summed E-state index contributed by atoms with van der Waals surface area (Å²) in [6.45, 7) is 1.01. The summed E-state index contributed by atoms with van der Waals surface area (Å²) in [6.07, 6.45) is 0.748. The molecule has 0 spiro atoms. The van der Waals surface area contributed by atoms with Crippen LogP contribution in [-0.2, 0) is 13.0 Å². The number of halogens is 2. The molecule has 2 aromatic carbocycles. The molecule has 2 rings (SSSR count). The summed E-state index contributed by atoms with van der Waals surface area (Å²) in [5, 5.41) is 1.04. The lowest BCUT2D eigenvalue weighted by Crippen LogP contribution is -2.03. The maximum atomic E-state index is 6.19. The largest absolute Gasteiger partial charge is 0.486 e. The summed E-state index contributed by atoms with van der Waals surface area (Å²) in [5.41, 5.74) is 7.60. The van der Waals surface area contributed by atoms with Crippen LogP contribution in [0.2, 0.25) is 10.0 Å². The van der Waals surface area contributed by atoms with Crippen molar-refractivity contribution >= 4 is 23.2 Å². The highest BCUT2D eigenvalue weighted by atomic mass is 35.5. The third kappa shape index (κ3) is 3.87. The topological polar surface area (TPSA) is 35.2 Å². The van der Waals surface area contributed by atoms with Gasteiger partial charge in [-0.3, -0.25) is 0 Å². The Kier molecular flexibility index (Phi) is 5.08. The Balaban J connectivity index is 2.12. The molecule has 0 aliphatic rings. The molecule has 0 saturated heterocycles. The minimum Gasteiger partial charge on any atom is -0.486 e. The molecule has 0 atom stereocenters. The summed E-state index contributed by atoms with van der Waals surface area (Å²) in [4.78, 5) is 0. The van der Waals surface area contributed by atoms with Crippen molar-refractivity contribution in [1.29, 1.82) is 0 Å². The molecule has 0 amide bonds. The lowest BCUT2D eigenvalue weighted by molar-refractivity contribution is 0.306. The van der Waals surface area contributed by atoms with Gasteiger partial charge >= 0.3 is 0 Å². The van der Waals surface area contributed by atoms with E-state index < -0.39 is 0 Å². The molecule has 0 aliphatic carbocycles. The third-order valence-corrected chi connectivity index (χ3v) is 3.28. The monoisotopic (exact) mass is 295 g/mol. The van der Waals surface area contributed by atoms with Gasteiger partial charge in [0, 0.05) is 0 Å². The van der Waals surface area contributed by atoms with Gasteiger partial charge in [-0.25, -0.2) is 0 Å². The Morgan fingerprint density at radius 3 is 2.16 bits per heavy atom. The van der Waals surface area contributed by atoms with E-state index in [2.05, 4.69) is 0 Å². The highest BCUT2D eigenvalue weighted by Crippen LogP contribution is 2.34. The van der Waals surface area contributed by atoms with Gasteiger partial charge in [0.1, 0.15) is 6.61 Å². The second kappa shape index (κ2) is 6.80. The molecule has 2 nitrogen and oxygen atoms in total. The van der Waals surface area contributed by atoms with Crippen LogP contribution in [-0.4, -0.2) is 6.54 Å². The highest BCUT2D eigenvalue weighted by Gasteiger charge is 2.09. The molecule has 0 aromatic heterocycles. The standard InChI is InChI=1S/C15H15Cl2NO/c16-13-8-12(6-7-18)9-14(17)15(13)19-10-11-4-2-1-3-5-11/h1-5,8-9H,6-7,10,18H2. The molecule has 2 aromatic rings. The van der Waals surface area contributed by atoms with Crippen LogP contribution in [0, 0.1) is 0 Å². The summed E-state index contributed by atoms with van der Waals surface area (Å²) < 4.78 is 5.69. The molecule has 100 valence electrons. The number of nitrogens with two attached hydrogens (primary N) is 1. The fraction of sp³-hybridized carbons (Fsp3) is 0.200. The van der Waals surface area contributed by atoms with Crippen LogP contribution in [0.5, 0.6) is 5.75 Å². The average molecular weight is 296 g/mol. The molecule has 0 fully saturated rings. The van der Waals surface area contributed by atoms with Crippen LogP contribution >= 0.6 is 23.2 Å². The molecule has 0 unspecified atom stereocenters. The van der Waals surface area contributed by atoms with Crippen molar-refractivity contribution in [3.05, 3.63) is 63.6 Å². The number of benzene rings is 2. The van der Waals surface area contributed by atoms with Gasteiger partial charge in [0.2, 0.25) is 0 Å². The molecule has 0 heterocycles. The van der Waals surface area contributed by atoms with Crippen molar-refractivity contribution in [2.45, 2.75) is 13.0 Å². The van der Waals surface area contributed by atoms with Crippen molar-refractivity contribution in [2.24, 2.45) is 5.73 Å². The zero-order chi connectivity index (χ0) is 13.7. The fourth-order valence-corrected chi connectivity index (χ4v) is 2.43. The summed E-state index contributed by atoms with van der Waals surface area (Å²) in [6, 6.07) is 13.6. The van der Waals surface area contributed by atoms with Gasteiger partial charge in [-0.15, -0.1) is 0 Å². The van der Waals surface area contributed by atoms with Crippen molar-refractivity contribution in [2.75, 3.05) is 6.54 Å². The first kappa shape index (κ1) is 14.2. The maximum Gasteiger partial charge on any atom is 0.156 e. The van der Waals surface area contributed by atoms with E-state index in [-0.39, 0.29) is 0 Å². The number of hydrogen-bond donors (Lipinski definition) is 1. The van der Waals surface area contributed by atoms with Crippen molar-refractivity contribution in [3.63, 3.8) is 0 Å². The Bertz CT molecular complexity index is 520. The fourth-order valence-electron chi connectivity index (χ4n) is 1.79. The van der Waals surface area contributed by atoms with Crippen LogP contribution in [0.25, 0.3) is 0 Å². The van der Waals surface area contributed by atoms with E-state index in [1.165, 1.54) is 0 Å². The smallest absolute Gasteiger partial charge is 0.156 e. The van der Waals surface area contributed by atoms with E-state index in [4.69, 9.17) is 33.7 Å². The minimum absolute atomic E-state index is 0.441. The van der Waals surface area contributed by atoms with Crippen LogP contribution in [0.3, 0.4) is 0 Å². The molecular formula is C15H15Cl2NO. The minimum atomic E-state index is 0.441. The quantitative estimate of drug-likeness (QED) is 0.902. The Morgan fingerprint density at radius 1 is 0.947 bits per heavy atom. The van der Waals surface area contributed by atoms with Gasteiger partial charge in [0.05, 0.1) is 10.0 Å². The summed E-state index contributed by atoms with van der Waals surface area (Å²) >= 11 is 12.4. The van der Waals surface area contributed by atoms with Gasteiger partial charge in [-0.1, -0.05) is 53.5 Å². The summed E-state index contributed by atoms with van der Waals surface area (Å²) in [7, 11) is 0. The molecular weight excluding hydrogens is 281 g/mol. The SMILES string of the molecule is NCCc1cc(Cl)c(OCc2ccccc2)c(Cl)c1. The van der Waals surface area contributed by atoms with E-state index in [0.717, 1.165) is 17.5 Å². The van der Waals surface area contributed by atoms with Crippen LogP contribution < -0.4 is 10.5 Å². The number of rotatable bonds is 5. The molecule has 0 aliphatic heterocycles. The Morgan fingerprint density at radius 2 is 1.58 bits per heavy atom. The number of hydrogen-bond acceptors (Lipinski definition) is 2. The molecule has 0 saturated carbocycles. The molecule has 0 bridgehead atoms.